The predicted octanol–water partition coefficient (Wildman–Crippen LogP) is 3.69. The lowest BCUT2D eigenvalue weighted by Crippen LogP contribution is -2.32. The second kappa shape index (κ2) is 7.16. The normalized spacial score (nSPS) is 18.2. The van der Waals surface area contributed by atoms with E-state index >= 15 is 0 Å². The van der Waals surface area contributed by atoms with Crippen LogP contribution >= 0.6 is 11.6 Å². The Morgan fingerprint density at radius 2 is 1.88 bits per heavy atom. The van der Waals surface area contributed by atoms with Gasteiger partial charge in [-0.1, -0.05) is 35.9 Å². The van der Waals surface area contributed by atoms with E-state index in [1.165, 1.54) is 5.56 Å². The van der Waals surface area contributed by atoms with Crippen LogP contribution in [0.3, 0.4) is 0 Å². The van der Waals surface area contributed by atoms with Crippen LogP contribution in [-0.2, 0) is 13.1 Å². The summed E-state index contributed by atoms with van der Waals surface area (Å²) in [5.41, 5.74) is 3.37. The van der Waals surface area contributed by atoms with E-state index < -0.39 is 0 Å². The molecule has 0 radical (unpaired) electrons. The van der Waals surface area contributed by atoms with Crippen molar-refractivity contribution in [2.45, 2.75) is 32.0 Å². The van der Waals surface area contributed by atoms with E-state index in [0.717, 1.165) is 54.4 Å². The fraction of sp³-hybridized carbons (Fsp3) is 0.350. The molecule has 1 atom stereocenters. The predicted molar refractivity (Wildman–Crippen MR) is 101 cm³/mol. The van der Waals surface area contributed by atoms with Crippen molar-refractivity contribution in [1.29, 1.82) is 0 Å². The number of rotatable bonds is 5. The van der Waals surface area contributed by atoms with E-state index in [1.54, 1.807) is 0 Å². The molecule has 1 N–H and O–H groups in total. The number of aromatic nitrogens is 2. The lowest BCUT2D eigenvalue weighted by Gasteiger charge is -2.22. The van der Waals surface area contributed by atoms with Gasteiger partial charge < -0.3 is 9.67 Å². The van der Waals surface area contributed by atoms with Gasteiger partial charge in [0.1, 0.15) is 5.82 Å². The summed E-state index contributed by atoms with van der Waals surface area (Å²) in [6.07, 6.45) is 2.20. The number of halogens is 1. The van der Waals surface area contributed by atoms with Crippen LogP contribution in [0.15, 0.2) is 48.5 Å². The molecule has 0 spiro atoms. The maximum absolute atomic E-state index is 9.60. The molecule has 0 saturated carbocycles. The van der Waals surface area contributed by atoms with Gasteiger partial charge in [0.15, 0.2) is 0 Å². The summed E-state index contributed by atoms with van der Waals surface area (Å²) >= 11 is 6.02. The molecule has 5 heteroatoms. The van der Waals surface area contributed by atoms with Crippen molar-refractivity contribution < 1.29 is 5.11 Å². The zero-order chi connectivity index (χ0) is 17.2. The molecular formula is C20H22ClN3O. The van der Waals surface area contributed by atoms with Crippen LogP contribution in [0.2, 0.25) is 5.02 Å². The van der Waals surface area contributed by atoms with Crippen LogP contribution in [0.4, 0.5) is 0 Å². The van der Waals surface area contributed by atoms with Gasteiger partial charge in [-0.05, 0) is 49.2 Å². The van der Waals surface area contributed by atoms with E-state index in [1.807, 2.05) is 18.2 Å². The number of nitrogens with zero attached hydrogens (tertiary/aromatic N) is 3. The molecule has 1 aliphatic heterocycles. The Bertz CT molecular complexity index is 859. The highest BCUT2D eigenvalue weighted by Crippen LogP contribution is 2.23. The number of aliphatic hydroxyl groups is 1. The third-order valence-electron chi connectivity index (χ3n) is 5.04. The maximum Gasteiger partial charge on any atom is 0.124 e. The number of para-hydroxylation sites is 2. The van der Waals surface area contributed by atoms with Crippen molar-refractivity contribution in [2.24, 2.45) is 0 Å². The van der Waals surface area contributed by atoms with Crippen molar-refractivity contribution in [2.75, 3.05) is 13.2 Å². The molecule has 2 aromatic carbocycles. The molecule has 0 aliphatic carbocycles. The number of imidazole rings is 1. The molecule has 1 aromatic heterocycles. The molecule has 0 unspecified atom stereocenters. The largest absolute Gasteiger partial charge is 0.395 e. The van der Waals surface area contributed by atoms with Crippen molar-refractivity contribution in [1.82, 2.24) is 14.5 Å². The highest BCUT2D eigenvalue weighted by Gasteiger charge is 2.25. The van der Waals surface area contributed by atoms with E-state index in [9.17, 15) is 5.11 Å². The summed E-state index contributed by atoms with van der Waals surface area (Å²) < 4.78 is 2.28. The van der Waals surface area contributed by atoms with Crippen molar-refractivity contribution >= 4 is 22.6 Å². The Morgan fingerprint density at radius 3 is 2.68 bits per heavy atom. The average molecular weight is 356 g/mol. The first-order valence-corrected chi connectivity index (χ1v) is 9.16. The fourth-order valence-electron chi connectivity index (χ4n) is 3.69. The first-order valence-electron chi connectivity index (χ1n) is 8.78. The van der Waals surface area contributed by atoms with Crippen LogP contribution in [-0.4, -0.2) is 38.8 Å². The molecule has 1 saturated heterocycles. The standard InChI is InChI=1S/C20H22ClN3O/c21-16-9-7-15(8-10-16)12-24-19-6-2-1-5-18(19)22-20(24)13-23-11-3-4-17(23)14-25/h1-2,5-10,17,25H,3-4,11-14H2/t17-/m0/s1. The molecule has 130 valence electrons. The molecule has 4 rings (SSSR count). The monoisotopic (exact) mass is 355 g/mol. The molecule has 0 bridgehead atoms. The van der Waals surface area contributed by atoms with Crippen molar-refractivity contribution in [3.05, 3.63) is 64.9 Å². The minimum atomic E-state index is 0.220. The Morgan fingerprint density at radius 1 is 1.08 bits per heavy atom. The summed E-state index contributed by atoms with van der Waals surface area (Å²) in [5.74, 6) is 1.05. The third-order valence-corrected chi connectivity index (χ3v) is 5.29. The molecular weight excluding hydrogens is 334 g/mol. The van der Waals surface area contributed by atoms with Crippen LogP contribution in [0.1, 0.15) is 24.2 Å². The number of aliphatic hydroxyl groups excluding tert-OH is 1. The lowest BCUT2D eigenvalue weighted by atomic mass is 10.2. The highest BCUT2D eigenvalue weighted by atomic mass is 35.5. The van der Waals surface area contributed by atoms with Crippen LogP contribution in [0, 0.1) is 0 Å². The Kier molecular flexibility index (Phi) is 4.75. The molecule has 4 nitrogen and oxygen atoms in total. The molecule has 0 amide bonds. The van der Waals surface area contributed by atoms with Crippen molar-refractivity contribution in [3.8, 4) is 0 Å². The van der Waals surface area contributed by atoms with Gasteiger partial charge in [0, 0.05) is 17.6 Å². The molecule has 1 aliphatic rings. The number of likely N-dealkylation sites (tertiary alicyclic amines) is 1. The smallest absolute Gasteiger partial charge is 0.124 e. The molecule has 3 aromatic rings. The van der Waals surface area contributed by atoms with Gasteiger partial charge in [-0.25, -0.2) is 4.98 Å². The van der Waals surface area contributed by atoms with E-state index in [-0.39, 0.29) is 12.6 Å². The minimum absolute atomic E-state index is 0.220. The number of hydrogen-bond donors (Lipinski definition) is 1. The van der Waals surface area contributed by atoms with Gasteiger partial charge >= 0.3 is 0 Å². The Labute approximate surface area is 152 Å². The highest BCUT2D eigenvalue weighted by molar-refractivity contribution is 6.30. The van der Waals surface area contributed by atoms with Gasteiger partial charge in [-0.3, -0.25) is 4.90 Å². The number of fused-ring (bicyclic) bond motifs is 1. The van der Waals surface area contributed by atoms with E-state index in [4.69, 9.17) is 16.6 Å². The lowest BCUT2D eigenvalue weighted by molar-refractivity contribution is 0.150. The minimum Gasteiger partial charge on any atom is -0.395 e. The summed E-state index contributed by atoms with van der Waals surface area (Å²) in [7, 11) is 0. The zero-order valence-electron chi connectivity index (χ0n) is 14.1. The fourth-order valence-corrected chi connectivity index (χ4v) is 3.81. The van der Waals surface area contributed by atoms with Gasteiger partial charge in [0.25, 0.3) is 0 Å². The second-order valence-electron chi connectivity index (χ2n) is 6.68. The third kappa shape index (κ3) is 3.43. The van der Waals surface area contributed by atoms with Crippen molar-refractivity contribution in [3.63, 3.8) is 0 Å². The van der Waals surface area contributed by atoms with Gasteiger partial charge in [0.2, 0.25) is 0 Å². The average Bonchev–Trinajstić information content (AvgIpc) is 3.22. The summed E-state index contributed by atoms with van der Waals surface area (Å²) in [4.78, 5) is 7.22. The Balaban J connectivity index is 1.69. The number of hydrogen-bond acceptors (Lipinski definition) is 3. The summed E-state index contributed by atoms with van der Waals surface area (Å²) in [6.45, 7) is 2.78. The van der Waals surface area contributed by atoms with Gasteiger partial charge in [-0.15, -0.1) is 0 Å². The van der Waals surface area contributed by atoms with Crippen LogP contribution in [0.25, 0.3) is 11.0 Å². The quantitative estimate of drug-likeness (QED) is 0.758. The molecule has 1 fully saturated rings. The maximum atomic E-state index is 9.60. The molecule has 25 heavy (non-hydrogen) atoms. The zero-order valence-corrected chi connectivity index (χ0v) is 14.9. The van der Waals surface area contributed by atoms with Crippen LogP contribution < -0.4 is 0 Å². The van der Waals surface area contributed by atoms with E-state index in [0.29, 0.717) is 0 Å². The summed E-state index contributed by atoms with van der Waals surface area (Å²) in [5, 5.41) is 10.4. The topological polar surface area (TPSA) is 41.3 Å². The van der Waals surface area contributed by atoms with E-state index in [2.05, 4.69) is 39.8 Å². The van der Waals surface area contributed by atoms with Crippen LogP contribution in [0.5, 0.6) is 0 Å². The van der Waals surface area contributed by atoms with Gasteiger partial charge in [-0.2, -0.15) is 0 Å². The number of benzene rings is 2. The SMILES string of the molecule is OC[C@@H]1CCCN1Cc1nc2ccccc2n1Cc1ccc(Cl)cc1. The summed E-state index contributed by atoms with van der Waals surface area (Å²) in [6, 6.07) is 16.5. The first kappa shape index (κ1) is 16.6. The molecule has 2 heterocycles. The second-order valence-corrected chi connectivity index (χ2v) is 7.11. The van der Waals surface area contributed by atoms with Gasteiger partial charge in [0.05, 0.1) is 24.2 Å². The first-order chi connectivity index (χ1) is 12.2. The Hall–Kier alpha value is -1.88.